The first-order valence-corrected chi connectivity index (χ1v) is 4.49. The number of rotatable bonds is 3. The van der Waals surface area contributed by atoms with E-state index in [1.165, 1.54) is 0 Å². The number of halogens is 2. The maximum Gasteiger partial charge on any atom is 0.253 e. The predicted molar refractivity (Wildman–Crippen MR) is 45.4 cm³/mol. The van der Waals surface area contributed by atoms with Crippen molar-refractivity contribution in [2.45, 2.75) is 25.2 Å². The Morgan fingerprint density at radius 2 is 2.31 bits per heavy atom. The molecule has 0 aliphatic carbocycles. The van der Waals surface area contributed by atoms with Crippen LogP contribution in [0.2, 0.25) is 0 Å². The quantitative estimate of drug-likeness (QED) is 0.676. The fourth-order valence-electron chi connectivity index (χ4n) is 1.71. The fraction of sp³-hybridized carbons (Fsp3) is 0.889. The van der Waals surface area contributed by atoms with Crippen LogP contribution in [-0.4, -0.2) is 31.0 Å². The Bertz CT molecular complexity index is 210. The van der Waals surface area contributed by atoms with Gasteiger partial charge in [-0.3, -0.25) is 0 Å². The Morgan fingerprint density at radius 3 is 2.77 bits per heavy atom. The van der Waals surface area contributed by atoms with Crippen LogP contribution in [0.3, 0.4) is 0 Å². The van der Waals surface area contributed by atoms with Gasteiger partial charge in [0.1, 0.15) is 0 Å². The molecule has 0 aromatic carbocycles. The van der Waals surface area contributed by atoms with Crippen LogP contribution in [0.25, 0.3) is 0 Å². The van der Waals surface area contributed by atoms with Gasteiger partial charge in [-0.25, -0.2) is 8.78 Å². The molecule has 1 aliphatic rings. The van der Waals surface area contributed by atoms with Crippen LogP contribution in [0.5, 0.6) is 0 Å². The van der Waals surface area contributed by atoms with E-state index in [4.69, 9.17) is 5.26 Å². The molecule has 0 spiro atoms. The van der Waals surface area contributed by atoms with Gasteiger partial charge in [-0.05, 0) is 20.0 Å². The van der Waals surface area contributed by atoms with Crippen molar-refractivity contribution in [3.05, 3.63) is 0 Å². The monoisotopic (exact) mass is 188 g/mol. The Morgan fingerprint density at radius 1 is 1.62 bits per heavy atom. The lowest BCUT2D eigenvalue weighted by molar-refractivity contribution is -0.0593. The minimum Gasteiger partial charge on any atom is -0.306 e. The zero-order valence-electron chi connectivity index (χ0n) is 7.76. The molecule has 1 atom stereocenters. The molecule has 1 saturated heterocycles. The molecule has 0 bridgehead atoms. The van der Waals surface area contributed by atoms with Gasteiger partial charge < -0.3 is 4.90 Å². The second-order valence-electron chi connectivity index (χ2n) is 3.67. The molecule has 0 aromatic rings. The first kappa shape index (κ1) is 10.4. The molecule has 74 valence electrons. The van der Waals surface area contributed by atoms with E-state index < -0.39 is 11.8 Å². The fourth-order valence-corrected chi connectivity index (χ4v) is 1.71. The second-order valence-corrected chi connectivity index (χ2v) is 3.67. The standard InChI is InChI=1S/C9H14F2N2/c1-13-6-3-8(7-13)9(10,11)4-2-5-12/h8H,2-4,6-7H2,1H3. The average Bonchev–Trinajstić information content (AvgIpc) is 2.49. The van der Waals surface area contributed by atoms with Gasteiger partial charge in [0.05, 0.1) is 6.07 Å². The lowest BCUT2D eigenvalue weighted by Crippen LogP contribution is -2.30. The second kappa shape index (κ2) is 4.01. The molecule has 0 N–H and O–H groups in total. The van der Waals surface area contributed by atoms with Crippen molar-refractivity contribution in [2.24, 2.45) is 5.92 Å². The van der Waals surface area contributed by atoms with Crippen LogP contribution in [0, 0.1) is 17.2 Å². The van der Waals surface area contributed by atoms with Crippen molar-refractivity contribution in [2.75, 3.05) is 20.1 Å². The summed E-state index contributed by atoms with van der Waals surface area (Å²) in [6.45, 7) is 1.20. The van der Waals surface area contributed by atoms with Gasteiger partial charge in [-0.1, -0.05) is 0 Å². The number of hydrogen-bond donors (Lipinski definition) is 0. The Balaban J connectivity index is 2.45. The van der Waals surface area contributed by atoms with Gasteiger partial charge in [0.15, 0.2) is 0 Å². The van der Waals surface area contributed by atoms with Gasteiger partial charge in [0, 0.05) is 25.3 Å². The van der Waals surface area contributed by atoms with Crippen molar-refractivity contribution >= 4 is 0 Å². The maximum absolute atomic E-state index is 13.3. The predicted octanol–water partition coefficient (Wildman–Crippen LogP) is 1.88. The molecule has 1 aliphatic heterocycles. The SMILES string of the molecule is CN1CCC(C(F)(F)CCC#N)C1. The van der Waals surface area contributed by atoms with Gasteiger partial charge in [-0.15, -0.1) is 0 Å². The van der Waals surface area contributed by atoms with Crippen LogP contribution in [0.15, 0.2) is 0 Å². The summed E-state index contributed by atoms with van der Waals surface area (Å²) in [4.78, 5) is 1.91. The minimum atomic E-state index is -2.65. The van der Waals surface area contributed by atoms with Crippen molar-refractivity contribution in [1.82, 2.24) is 4.90 Å². The van der Waals surface area contributed by atoms with E-state index in [1.54, 1.807) is 6.07 Å². The third-order valence-electron chi connectivity index (χ3n) is 2.56. The topological polar surface area (TPSA) is 27.0 Å². The number of hydrogen-bond acceptors (Lipinski definition) is 2. The minimum absolute atomic E-state index is 0.0484. The summed E-state index contributed by atoms with van der Waals surface area (Å²) < 4.78 is 26.6. The number of likely N-dealkylation sites (tertiary alicyclic amines) is 1. The van der Waals surface area contributed by atoms with Crippen molar-refractivity contribution < 1.29 is 8.78 Å². The summed E-state index contributed by atoms with van der Waals surface area (Å²) >= 11 is 0. The molecule has 1 heterocycles. The molecule has 0 aromatic heterocycles. The number of alkyl halides is 2. The Hall–Kier alpha value is -0.690. The summed E-state index contributed by atoms with van der Waals surface area (Å²) in [6, 6.07) is 1.76. The lowest BCUT2D eigenvalue weighted by Gasteiger charge is -2.21. The third-order valence-corrected chi connectivity index (χ3v) is 2.56. The zero-order valence-corrected chi connectivity index (χ0v) is 7.76. The molecule has 1 rings (SSSR count). The van der Waals surface area contributed by atoms with Crippen LogP contribution < -0.4 is 0 Å². The highest BCUT2D eigenvalue weighted by Gasteiger charge is 2.41. The van der Waals surface area contributed by atoms with Crippen molar-refractivity contribution in [3.8, 4) is 6.07 Å². The van der Waals surface area contributed by atoms with Crippen LogP contribution >= 0.6 is 0 Å². The molecule has 0 amide bonds. The molecule has 4 heteroatoms. The maximum atomic E-state index is 13.3. The van der Waals surface area contributed by atoms with Gasteiger partial charge in [0.25, 0.3) is 5.92 Å². The highest BCUT2D eigenvalue weighted by Crippen LogP contribution is 2.35. The van der Waals surface area contributed by atoms with Crippen molar-refractivity contribution in [1.29, 1.82) is 5.26 Å². The largest absolute Gasteiger partial charge is 0.306 e. The average molecular weight is 188 g/mol. The van der Waals surface area contributed by atoms with E-state index in [1.807, 2.05) is 11.9 Å². The van der Waals surface area contributed by atoms with Crippen LogP contribution in [0.1, 0.15) is 19.3 Å². The van der Waals surface area contributed by atoms with E-state index >= 15 is 0 Å². The Labute approximate surface area is 77.1 Å². The van der Waals surface area contributed by atoms with Gasteiger partial charge >= 0.3 is 0 Å². The molecular weight excluding hydrogens is 174 g/mol. The molecule has 2 nitrogen and oxygen atoms in total. The lowest BCUT2D eigenvalue weighted by atomic mass is 9.97. The van der Waals surface area contributed by atoms with E-state index in [0.29, 0.717) is 13.0 Å². The molecule has 0 radical (unpaired) electrons. The van der Waals surface area contributed by atoms with Gasteiger partial charge in [-0.2, -0.15) is 5.26 Å². The smallest absolute Gasteiger partial charge is 0.253 e. The molecule has 13 heavy (non-hydrogen) atoms. The third kappa shape index (κ3) is 2.63. The normalized spacial score (nSPS) is 24.6. The first-order valence-electron chi connectivity index (χ1n) is 4.49. The first-order chi connectivity index (χ1) is 6.06. The summed E-state index contributed by atoms with van der Waals surface area (Å²) in [5, 5.41) is 8.23. The van der Waals surface area contributed by atoms with Crippen molar-refractivity contribution in [3.63, 3.8) is 0 Å². The summed E-state index contributed by atoms with van der Waals surface area (Å²) in [6.07, 6.45) is 0.212. The summed E-state index contributed by atoms with van der Waals surface area (Å²) in [5.74, 6) is -3.20. The Kier molecular flexibility index (Phi) is 3.21. The van der Waals surface area contributed by atoms with Crippen LogP contribution in [0.4, 0.5) is 8.78 Å². The highest BCUT2D eigenvalue weighted by atomic mass is 19.3. The highest BCUT2D eigenvalue weighted by molar-refractivity contribution is 4.87. The molecular formula is C9H14F2N2. The number of nitrogens with zero attached hydrogens (tertiary/aromatic N) is 2. The van der Waals surface area contributed by atoms with E-state index in [9.17, 15) is 8.78 Å². The van der Waals surface area contributed by atoms with E-state index in [2.05, 4.69) is 0 Å². The van der Waals surface area contributed by atoms with E-state index in [-0.39, 0.29) is 12.8 Å². The molecule has 1 fully saturated rings. The van der Waals surface area contributed by atoms with Gasteiger partial charge in [0.2, 0.25) is 0 Å². The summed E-state index contributed by atoms with van der Waals surface area (Å²) in [7, 11) is 1.85. The summed E-state index contributed by atoms with van der Waals surface area (Å²) in [5.41, 5.74) is 0. The number of nitriles is 1. The molecule has 1 unspecified atom stereocenters. The molecule has 0 saturated carbocycles. The van der Waals surface area contributed by atoms with E-state index in [0.717, 1.165) is 6.54 Å². The van der Waals surface area contributed by atoms with Crippen LogP contribution in [-0.2, 0) is 0 Å². The zero-order chi connectivity index (χ0) is 9.90.